The second-order valence-corrected chi connectivity index (χ2v) is 5.43. The van der Waals surface area contributed by atoms with E-state index in [0.29, 0.717) is 23.0 Å². The molecule has 0 spiro atoms. The number of imidazole rings is 1. The van der Waals surface area contributed by atoms with Crippen LogP contribution < -0.4 is 0 Å². The molecule has 4 aromatic rings. The minimum Gasteiger partial charge on any atom is -0.419 e. The van der Waals surface area contributed by atoms with E-state index in [1.807, 2.05) is 30.3 Å². The van der Waals surface area contributed by atoms with Gasteiger partial charge in [0.25, 0.3) is 5.89 Å². The van der Waals surface area contributed by atoms with Crippen LogP contribution in [-0.2, 0) is 6.42 Å². The molecule has 3 aromatic heterocycles. The summed E-state index contributed by atoms with van der Waals surface area (Å²) < 4.78 is 21.2. The van der Waals surface area contributed by atoms with Crippen LogP contribution in [0.3, 0.4) is 0 Å². The average Bonchev–Trinajstić information content (AvgIpc) is 3.14. The average molecular weight is 329 g/mol. The summed E-state index contributed by atoms with van der Waals surface area (Å²) in [5.41, 5.74) is 1.47. The van der Waals surface area contributed by atoms with E-state index < -0.39 is 5.95 Å². The van der Waals surface area contributed by atoms with Gasteiger partial charge in [-0.1, -0.05) is 41.9 Å². The fourth-order valence-electron chi connectivity index (χ4n) is 2.32. The van der Waals surface area contributed by atoms with Crippen molar-refractivity contribution in [2.75, 3.05) is 0 Å². The molecule has 5 nitrogen and oxygen atoms in total. The molecular weight excluding hydrogens is 319 g/mol. The molecule has 0 radical (unpaired) electrons. The van der Waals surface area contributed by atoms with Crippen molar-refractivity contribution in [3.8, 4) is 11.6 Å². The van der Waals surface area contributed by atoms with Crippen LogP contribution in [0.15, 0.2) is 53.1 Å². The van der Waals surface area contributed by atoms with Crippen LogP contribution in [0.2, 0.25) is 5.02 Å². The quantitative estimate of drug-likeness (QED) is 0.574. The van der Waals surface area contributed by atoms with Crippen LogP contribution in [-0.4, -0.2) is 19.6 Å². The summed E-state index contributed by atoms with van der Waals surface area (Å²) in [6.45, 7) is 0. The number of aromatic nitrogens is 4. The van der Waals surface area contributed by atoms with Gasteiger partial charge >= 0.3 is 0 Å². The predicted octanol–water partition coefficient (Wildman–Crippen LogP) is 3.77. The number of pyridine rings is 1. The molecule has 1 aromatic carbocycles. The molecule has 0 amide bonds. The molecule has 0 aliphatic rings. The first-order valence-electron chi connectivity index (χ1n) is 6.90. The fourth-order valence-corrected chi connectivity index (χ4v) is 2.48. The SMILES string of the molecule is Fc1c(-c2nnc(Cc3ccccc3)o2)nc2ccc(Cl)cn12. The third kappa shape index (κ3) is 2.57. The molecule has 0 aliphatic heterocycles. The zero-order valence-electron chi connectivity index (χ0n) is 11.8. The van der Waals surface area contributed by atoms with Gasteiger partial charge < -0.3 is 4.42 Å². The van der Waals surface area contributed by atoms with Gasteiger partial charge in [0.05, 0.1) is 11.4 Å². The molecule has 0 N–H and O–H groups in total. The van der Waals surface area contributed by atoms with Crippen molar-refractivity contribution in [1.82, 2.24) is 19.6 Å². The number of rotatable bonds is 3. The van der Waals surface area contributed by atoms with Crippen molar-refractivity contribution in [2.45, 2.75) is 6.42 Å². The minimum absolute atomic E-state index is 0.0130. The van der Waals surface area contributed by atoms with Gasteiger partial charge in [-0.3, -0.25) is 4.40 Å². The second-order valence-electron chi connectivity index (χ2n) is 4.99. The highest BCUT2D eigenvalue weighted by Gasteiger charge is 2.19. The van der Waals surface area contributed by atoms with E-state index in [-0.39, 0.29) is 11.6 Å². The molecular formula is C16H10ClFN4O. The first kappa shape index (κ1) is 13.9. The van der Waals surface area contributed by atoms with Gasteiger partial charge in [-0.2, -0.15) is 4.39 Å². The van der Waals surface area contributed by atoms with Gasteiger partial charge in [0.2, 0.25) is 11.8 Å². The lowest BCUT2D eigenvalue weighted by Crippen LogP contribution is -1.88. The largest absolute Gasteiger partial charge is 0.419 e. The van der Waals surface area contributed by atoms with Crippen LogP contribution in [0, 0.1) is 5.95 Å². The first-order chi connectivity index (χ1) is 11.2. The Hall–Kier alpha value is -2.73. The summed E-state index contributed by atoms with van der Waals surface area (Å²) in [5, 5.41) is 8.27. The maximum atomic E-state index is 14.4. The van der Waals surface area contributed by atoms with Crippen molar-refractivity contribution in [2.24, 2.45) is 0 Å². The van der Waals surface area contributed by atoms with Gasteiger partial charge in [-0.05, 0) is 17.7 Å². The number of fused-ring (bicyclic) bond motifs is 1. The summed E-state index contributed by atoms with van der Waals surface area (Å²) in [6, 6.07) is 13.0. The van der Waals surface area contributed by atoms with Crippen molar-refractivity contribution in [1.29, 1.82) is 0 Å². The fraction of sp³-hybridized carbons (Fsp3) is 0.0625. The Balaban J connectivity index is 1.70. The number of nitrogens with zero attached hydrogens (tertiary/aromatic N) is 4. The topological polar surface area (TPSA) is 56.2 Å². The Morgan fingerprint density at radius 2 is 1.91 bits per heavy atom. The summed E-state index contributed by atoms with van der Waals surface area (Å²) in [4.78, 5) is 4.18. The van der Waals surface area contributed by atoms with Gasteiger partial charge in [0.1, 0.15) is 5.65 Å². The van der Waals surface area contributed by atoms with E-state index in [4.69, 9.17) is 16.0 Å². The number of hydrogen-bond donors (Lipinski definition) is 0. The molecule has 0 aliphatic carbocycles. The lowest BCUT2D eigenvalue weighted by Gasteiger charge is -1.95. The standard InChI is InChI=1S/C16H10ClFN4O/c17-11-6-7-12-19-14(15(18)22(12)9-11)16-21-20-13(23-16)8-10-4-2-1-3-5-10/h1-7,9H,8H2. The molecule has 0 unspecified atom stereocenters. The van der Waals surface area contributed by atoms with Crippen molar-refractivity contribution in [3.05, 3.63) is 71.1 Å². The Labute approximate surface area is 135 Å². The third-order valence-corrected chi connectivity index (χ3v) is 3.62. The normalized spacial score (nSPS) is 11.2. The zero-order chi connectivity index (χ0) is 15.8. The lowest BCUT2D eigenvalue weighted by molar-refractivity contribution is 0.507. The molecule has 0 fully saturated rings. The summed E-state index contributed by atoms with van der Waals surface area (Å²) in [7, 11) is 0. The molecule has 0 bridgehead atoms. The van der Waals surface area contributed by atoms with Crippen LogP contribution in [0.4, 0.5) is 4.39 Å². The highest BCUT2D eigenvalue weighted by molar-refractivity contribution is 6.30. The molecule has 23 heavy (non-hydrogen) atoms. The molecule has 0 atom stereocenters. The molecule has 4 rings (SSSR count). The van der Waals surface area contributed by atoms with Crippen LogP contribution in [0.1, 0.15) is 11.5 Å². The maximum Gasteiger partial charge on any atom is 0.271 e. The molecule has 0 saturated heterocycles. The number of benzene rings is 1. The van der Waals surface area contributed by atoms with E-state index in [0.717, 1.165) is 5.56 Å². The maximum absolute atomic E-state index is 14.4. The number of hydrogen-bond acceptors (Lipinski definition) is 4. The molecule has 3 heterocycles. The Morgan fingerprint density at radius 1 is 1.09 bits per heavy atom. The highest BCUT2D eigenvalue weighted by atomic mass is 35.5. The van der Waals surface area contributed by atoms with E-state index >= 15 is 0 Å². The lowest BCUT2D eigenvalue weighted by atomic mass is 10.2. The van der Waals surface area contributed by atoms with Crippen molar-refractivity contribution in [3.63, 3.8) is 0 Å². The summed E-state index contributed by atoms with van der Waals surface area (Å²) in [5.74, 6) is -0.133. The molecule has 114 valence electrons. The summed E-state index contributed by atoms with van der Waals surface area (Å²) >= 11 is 5.87. The Morgan fingerprint density at radius 3 is 2.74 bits per heavy atom. The zero-order valence-corrected chi connectivity index (χ0v) is 12.5. The van der Waals surface area contributed by atoms with E-state index in [1.54, 1.807) is 12.1 Å². The minimum atomic E-state index is -0.586. The predicted molar refractivity (Wildman–Crippen MR) is 82.7 cm³/mol. The highest BCUT2D eigenvalue weighted by Crippen LogP contribution is 2.24. The number of halogens is 2. The van der Waals surface area contributed by atoms with E-state index in [9.17, 15) is 4.39 Å². The van der Waals surface area contributed by atoms with Gasteiger partial charge in [0, 0.05) is 6.20 Å². The second kappa shape index (κ2) is 5.48. The monoisotopic (exact) mass is 328 g/mol. The van der Waals surface area contributed by atoms with Crippen LogP contribution in [0.25, 0.3) is 17.2 Å². The van der Waals surface area contributed by atoms with E-state index in [2.05, 4.69) is 15.2 Å². The molecule has 7 heteroatoms. The van der Waals surface area contributed by atoms with Crippen LogP contribution >= 0.6 is 11.6 Å². The van der Waals surface area contributed by atoms with Gasteiger partial charge in [-0.25, -0.2) is 4.98 Å². The molecule has 0 saturated carbocycles. The van der Waals surface area contributed by atoms with Gasteiger partial charge in [0.15, 0.2) is 5.69 Å². The first-order valence-corrected chi connectivity index (χ1v) is 7.28. The Bertz CT molecular complexity index is 980. The summed E-state index contributed by atoms with van der Waals surface area (Å²) in [6.07, 6.45) is 1.93. The van der Waals surface area contributed by atoms with Crippen molar-refractivity contribution < 1.29 is 8.81 Å². The third-order valence-electron chi connectivity index (χ3n) is 3.39. The van der Waals surface area contributed by atoms with Crippen molar-refractivity contribution >= 4 is 17.2 Å². The smallest absolute Gasteiger partial charge is 0.271 e. The van der Waals surface area contributed by atoms with E-state index in [1.165, 1.54) is 10.6 Å². The Kier molecular flexibility index (Phi) is 3.31. The van der Waals surface area contributed by atoms with Crippen LogP contribution in [0.5, 0.6) is 0 Å². The van der Waals surface area contributed by atoms with Gasteiger partial charge in [-0.15, -0.1) is 10.2 Å².